The summed E-state index contributed by atoms with van der Waals surface area (Å²) in [7, 11) is 1.58. The van der Waals surface area contributed by atoms with Crippen LogP contribution in [0, 0.1) is 0 Å². The minimum Gasteiger partial charge on any atom is -0.493 e. The highest BCUT2D eigenvalue weighted by molar-refractivity contribution is 5.78. The molecule has 3 rings (SSSR count). The van der Waals surface area contributed by atoms with Gasteiger partial charge < -0.3 is 14.8 Å². The van der Waals surface area contributed by atoms with Gasteiger partial charge in [-0.1, -0.05) is 36.4 Å². The molecule has 1 amide bonds. The second-order valence-corrected chi connectivity index (χ2v) is 5.30. The van der Waals surface area contributed by atoms with Crippen LogP contribution in [0.15, 0.2) is 48.5 Å². The molecular formula is C18H19NO3. The first-order valence-electron chi connectivity index (χ1n) is 7.41. The molecule has 1 atom stereocenters. The van der Waals surface area contributed by atoms with Crippen molar-refractivity contribution in [1.29, 1.82) is 0 Å². The normalized spacial score (nSPS) is 16.0. The lowest BCUT2D eigenvalue weighted by molar-refractivity contribution is -0.123. The van der Waals surface area contributed by atoms with Gasteiger partial charge in [-0.2, -0.15) is 0 Å². The zero-order valence-corrected chi connectivity index (χ0v) is 12.5. The van der Waals surface area contributed by atoms with Crippen LogP contribution in [0.3, 0.4) is 0 Å². The van der Waals surface area contributed by atoms with Gasteiger partial charge in [-0.3, -0.25) is 4.79 Å². The number of methoxy groups -OCH3 is 1. The van der Waals surface area contributed by atoms with E-state index >= 15 is 0 Å². The second kappa shape index (κ2) is 6.52. The third-order valence-electron chi connectivity index (χ3n) is 3.90. The fourth-order valence-corrected chi connectivity index (χ4v) is 2.82. The van der Waals surface area contributed by atoms with Crippen LogP contribution in [0.2, 0.25) is 0 Å². The molecule has 0 fully saturated rings. The predicted octanol–water partition coefficient (Wildman–Crippen LogP) is 2.88. The topological polar surface area (TPSA) is 47.6 Å². The monoisotopic (exact) mass is 297 g/mol. The molecule has 0 saturated carbocycles. The summed E-state index contributed by atoms with van der Waals surface area (Å²) >= 11 is 0. The lowest BCUT2D eigenvalue weighted by Crippen LogP contribution is -2.31. The van der Waals surface area contributed by atoms with Crippen molar-refractivity contribution in [1.82, 2.24) is 5.32 Å². The number of ether oxygens (including phenoxy) is 2. The number of amides is 1. The molecule has 114 valence electrons. The first kappa shape index (κ1) is 14.4. The van der Waals surface area contributed by atoms with E-state index < -0.39 is 0 Å². The van der Waals surface area contributed by atoms with Crippen molar-refractivity contribution in [2.45, 2.75) is 18.9 Å². The average molecular weight is 297 g/mol. The van der Waals surface area contributed by atoms with Crippen LogP contribution >= 0.6 is 0 Å². The average Bonchev–Trinajstić information content (AvgIpc) is 2.96. The molecule has 1 unspecified atom stereocenters. The molecule has 4 nitrogen and oxygen atoms in total. The molecule has 0 heterocycles. The Balaban J connectivity index is 1.58. The van der Waals surface area contributed by atoms with Gasteiger partial charge in [0.15, 0.2) is 18.1 Å². The molecule has 1 aliphatic carbocycles. The van der Waals surface area contributed by atoms with Crippen LogP contribution in [0.4, 0.5) is 0 Å². The summed E-state index contributed by atoms with van der Waals surface area (Å²) in [5, 5.41) is 3.04. The number of hydrogen-bond acceptors (Lipinski definition) is 3. The maximum atomic E-state index is 12.1. The largest absolute Gasteiger partial charge is 0.493 e. The van der Waals surface area contributed by atoms with E-state index in [9.17, 15) is 4.79 Å². The Morgan fingerprint density at radius 3 is 2.68 bits per heavy atom. The number of benzene rings is 2. The van der Waals surface area contributed by atoms with Gasteiger partial charge in [0, 0.05) is 0 Å². The molecule has 1 aliphatic rings. The molecule has 0 radical (unpaired) electrons. The predicted molar refractivity (Wildman–Crippen MR) is 84.1 cm³/mol. The van der Waals surface area contributed by atoms with Gasteiger partial charge in [0.25, 0.3) is 5.91 Å². The van der Waals surface area contributed by atoms with Crippen molar-refractivity contribution in [2.24, 2.45) is 0 Å². The number of carbonyl (C=O) groups excluding carboxylic acids is 1. The fourth-order valence-electron chi connectivity index (χ4n) is 2.82. The van der Waals surface area contributed by atoms with Crippen LogP contribution in [0.25, 0.3) is 0 Å². The molecule has 1 N–H and O–H groups in total. The van der Waals surface area contributed by atoms with E-state index in [0.717, 1.165) is 12.8 Å². The summed E-state index contributed by atoms with van der Waals surface area (Å²) in [6.07, 6.45) is 1.95. The molecule has 22 heavy (non-hydrogen) atoms. The summed E-state index contributed by atoms with van der Waals surface area (Å²) in [4.78, 5) is 12.1. The van der Waals surface area contributed by atoms with Gasteiger partial charge in [0.2, 0.25) is 0 Å². The molecule has 2 aromatic carbocycles. The smallest absolute Gasteiger partial charge is 0.258 e. The first-order valence-corrected chi connectivity index (χ1v) is 7.41. The fraction of sp³-hybridized carbons (Fsp3) is 0.278. The minimum absolute atomic E-state index is 0.0148. The molecule has 4 heteroatoms. The number of nitrogens with one attached hydrogen (secondary N) is 1. The van der Waals surface area contributed by atoms with Crippen LogP contribution < -0.4 is 14.8 Å². The second-order valence-electron chi connectivity index (χ2n) is 5.30. The van der Waals surface area contributed by atoms with Gasteiger partial charge in [-0.05, 0) is 36.1 Å². The zero-order valence-electron chi connectivity index (χ0n) is 12.5. The van der Waals surface area contributed by atoms with Crippen LogP contribution in [-0.4, -0.2) is 19.6 Å². The van der Waals surface area contributed by atoms with Crippen molar-refractivity contribution < 1.29 is 14.3 Å². The Morgan fingerprint density at radius 2 is 1.86 bits per heavy atom. The van der Waals surface area contributed by atoms with Gasteiger partial charge in [-0.25, -0.2) is 0 Å². The molecule has 0 saturated heterocycles. The summed E-state index contributed by atoms with van der Waals surface area (Å²) < 4.78 is 10.8. The van der Waals surface area contributed by atoms with E-state index in [-0.39, 0.29) is 18.6 Å². The summed E-state index contributed by atoms with van der Waals surface area (Å²) in [6.45, 7) is -0.0148. The van der Waals surface area contributed by atoms with Crippen LogP contribution in [0.1, 0.15) is 23.6 Å². The third kappa shape index (κ3) is 3.06. The van der Waals surface area contributed by atoms with Crippen molar-refractivity contribution in [3.05, 3.63) is 59.7 Å². The van der Waals surface area contributed by atoms with Gasteiger partial charge in [-0.15, -0.1) is 0 Å². The first-order chi connectivity index (χ1) is 10.8. The molecule has 0 spiro atoms. The summed E-state index contributed by atoms with van der Waals surface area (Å²) in [5.74, 6) is 1.08. The number of fused-ring (bicyclic) bond motifs is 1. The number of rotatable bonds is 5. The van der Waals surface area contributed by atoms with E-state index in [4.69, 9.17) is 9.47 Å². The van der Waals surface area contributed by atoms with E-state index in [2.05, 4.69) is 17.4 Å². The van der Waals surface area contributed by atoms with Gasteiger partial charge in [0.1, 0.15) is 0 Å². The highest BCUT2D eigenvalue weighted by atomic mass is 16.5. The standard InChI is InChI=1S/C18H19NO3/c1-21-16-8-4-5-9-17(16)22-12-18(20)19-15-11-10-13-6-2-3-7-14(13)15/h2-9,15H,10-12H2,1H3,(H,19,20). The number of hydrogen-bond donors (Lipinski definition) is 1. The van der Waals surface area contributed by atoms with E-state index in [1.54, 1.807) is 19.2 Å². The van der Waals surface area contributed by atoms with Crippen LogP contribution in [0.5, 0.6) is 11.5 Å². The van der Waals surface area contributed by atoms with Gasteiger partial charge >= 0.3 is 0 Å². The SMILES string of the molecule is COc1ccccc1OCC(=O)NC1CCc2ccccc21. The van der Waals surface area contributed by atoms with Crippen molar-refractivity contribution in [3.63, 3.8) is 0 Å². The van der Waals surface area contributed by atoms with Crippen molar-refractivity contribution in [3.8, 4) is 11.5 Å². The van der Waals surface area contributed by atoms with Crippen LogP contribution in [-0.2, 0) is 11.2 Å². The molecule has 0 aliphatic heterocycles. The van der Waals surface area contributed by atoms with E-state index in [0.29, 0.717) is 11.5 Å². The lowest BCUT2D eigenvalue weighted by Gasteiger charge is -2.15. The molecule has 0 aromatic heterocycles. The minimum atomic E-state index is -0.118. The number of carbonyl (C=O) groups is 1. The molecule has 2 aromatic rings. The number of aryl methyl sites for hydroxylation is 1. The highest BCUT2D eigenvalue weighted by Crippen LogP contribution is 2.30. The zero-order chi connectivity index (χ0) is 15.4. The Bertz CT molecular complexity index is 669. The Hall–Kier alpha value is -2.49. The van der Waals surface area contributed by atoms with E-state index in [1.807, 2.05) is 24.3 Å². The third-order valence-corrected chi connectivity index (χ3v) is 3.90. The van der Waals surface area contributed by atoms with Gasteiger partial charge in [0.05, 0.1) is 13.2 Å². The Kier molecular flexibility index (Phi) is 4.28. The Labute approximate surface area is 130 Å². The maximum absolute atomic E-state index is 12.1. The quantitative estimate of drug-likeness (QED) is 0.923. The lowest BCUT2D eigenvalue weighted by atomic mass is 10.1. The Morgan fingerprint density at radius 1 is 1.14 bits per heavy atom. The number of para-hydroxylation sites is 2. The molecular weight excluding hydrogens is 278 g/mol. The highest BCUT2D eigenvalue weighted by Gasteiger charge is 2.23. The van der Waals surface area contributed by atoms with Crippen molar-refractivity contribution in [2.75, 3.05) is 13.7 Å². The summed E-state index contributed by atoms with van der Waals surface area (Å²) in [5.41, 5.74) is 2.53. The van der Waals surface area contributed by atoms with Crippen molar-refractivity contribution >= 4 is 5.91 Å². The molecule has 0 bridgehead atoms. The van der Waals surface area contributed by atoms with E-state index in [1.165, 1.54) is 11.1 Å². The summed E-state index contributed by atoms with van der Waals surface area (Å²) in [6, 6.07) is 15.6. The maximum Gasteiger partial charge on any atom is 0.258 e.